The molecular weight excluding hydrogens is 300 g/mol. The Bertz CT molecular complexity index is 671. The molecule has 0 fully saturated rings. The van der Waals surface area contributed by atoms with E-state index in [4.69, 9.17) is 5.73 Å². The zero-order valence-electron chi connectivity index (χ0n) is 11.8. The van der Waals surface area contributed by atoms with Crippen LogP contribution in [-0.4, -0.2) is 34.9 Å². The Labute approximate surface area is 120 Å². The summed E-state index contributed by atoms with van der Waals surface area (Å²) in [6.07, 6.45) is 0. The lowest BCUT2D eigenvalue weighted by molar-refractivity contribution is 0.581. The van der Waals surface area contributed by atoms with Crippen LogP contribution in [0.15, 0.2) is 17.0 Å². The van der Waals surface area contributed by atoms with Crippen molar-refractivity contribution in [1.82, 2.24) is 4.72 Å². The Hall–Kier alpha value is -1.12. The van der Waals surface area contributed by atoms with Crippen molar-refractivity contribution in [1.29, 1.82) is 0 Å². The van der Waals surface area contributed by atoms with Gasteiger partial charge in [-0.1, -0.05) is 6.92 Å². The molecule has 6 nitrogen and oxygen atoms in total. The average molecular weight is 320 g/mol. The van der Waals surface area contributed by atoms with E-state index in [1.807, 2.05) is 6.92 Å². The van der Waals surface area contributed by atoms with Crippen molar-refractivity contribution in [3.8, 4) is 0 Å². The van der Waals surface area contributed by atoms with Crippen LogP contribution in [-0.2, 0) is 19.9 Å². The summed E-state index contributed by atoms with van der Waals surface area (Å²) < 4.78 is 49.0. The van der Waals surface area contributed by atoms with Gasteiger partial charge in [-0.3, -0.25) is 0 Å². The molecule has 0 saturated carbocycles. The van der Waals surface area contributed by atoms with Crippen molar-refractivity contribution >= 4 is 25.5 Å². The molecule has 0 aliphatic heterocycles. The highest BCUT2D eigenvalue weighted by Crippen LogP contribution is 2.21. The Morgan fingerprint density at radius 2 is 1.75 bits per heavy atom. The van der Waals surface area contributed by atoms with Crippen LogP contribution >= 0.6 is 0 Å². The van der Waals surface area contributed by atoms with Crippen LogP contribution in [0.3, 0.4) is 0 Å². The summed E-state index contributed by atoms with van der Waals surface area (Å²) in [5.41, 5.74) is 7.75. The first kappa shape index (κ1) is 16.9. The molecule has 8 heteroatoms. The zero-order valence-corrected chi connectivity index (χ0v) is 13.4. The van der Waals surface area contributed by atoms with Gasteiger partial charge in [0.25, 0.3) is 0 Å². The predicted molar refractivity (Wildman–Crippen MR) is 79.8 cm³/mol. The summed E-state index contributed by atoms with van der Waals surface area (Å²) in [6.45, 7) is 4.95. The fraction of sp³-hybridized carbons (Fsp3) is 0.500. The van der Waals surface area contributed by atoms with E-state index in [9.17, 15) is 16.8 Å². The summed E-state index contributed by atoms with van der Waals surface area (Å²) >= 11 is 0. The molecule has 0 spiro atoms. The highest BCUT2D eigenvalue weighted by atomic mass is 32.2. The second kappa shape index (κ2) is 6.11. The van der Waals surface area contributed by atoms with Crippen LogP contribution in [0.25, 0.3) is 0 Å². The standard InChI is InChI=1S/C12H20N2O4S2/c1-4-19(15,16)6-5-14-20(17,18)11-7-9(2)10(3)12(13)8-11/h7-8,14H,4-6,13H2,1-3H3. The molecule has 114 valence electrons. The lowest BCUT2D eigenvalue weighted by atomic mass is 10.1. The third-order valence-electron chi connectivity index (χ3n) is 3.14. The Balaban J connectivity index is 2.90. The third kappa shape index (κ3) is 4.19. The number of nitrogen functional groups attached to an aromatic ring is 1. The van der Waals surface area contributed by atoms with E-state index < -0.39 is 19.9 Å². The van der Waals surface area contributed by atoms with Crippen molar-refractivity contribution in [2.45, 2.75) is 25.7 Å². The smallest absolute Gasteiger partial charge is 0.240 e. The minimum atomic E-state index is -3.75. The Morgan fingerprint density at radius 1 is 1.15 bits per heavy atom. The van der Waals surface area contributed by atoms with Gasteiger partial charge in [0.15, 0.2) is 9.84 Å². The fourth-order valence-corrected chi connectivity index (χ4v) is 3.55. The number of nitrogens with one attached hydrogen (secondary N) is 1. The number of hydrogen-bond donors (Lipinski definition) is 2. The quantitative estimate of drug-likeness (QED) is 0.747. The number of rotatable bonds is 6. The Kier molecular flexibility index (Phi) is 5.17. The number of aryl methyl sites for hydroxylation is 1. The second-order valence-electron chi connectivity index (χ2n) is 4.59. The summed E-state index contributed by atoms with van der Waals surface area (Å²) in [6, 6.07) is 2.89. The number of sulfonamides is 1. The summed E-state index contributed by atoms with van der Waals surface area (Å²) in [7, 11) is -6.95. The lowest BCUT2D eigenvalue weighted by Crippen LogP contribution is -2.29. The summed E-state index contributed by atoms with van der Waals surface area (Å²) in [5.74, 6) is -0.228. The van der Waals surface area contributed by atoms with Gasteiger partial charge in [-0.25, -0.2) is 21.6 Å². The van der Waals surface area contributed by atoms with Crippen molar-refractivity contribution in [2.75, 3.05) is 23.8 Å². The fourth-order valence-electron chi connectivity index (χ4n) is 1.57. The molecule has 1 aromatic rings. The number of anilines is 1. The van der Waals surface area contributed by atoms with E-state index >= 15 is 0 Å². The van der Waals surface area contributed by atoms with Gasteiger partial charge >= 0.3 is 0 Å². The maximum absolute atomic E-state index is 12.1. The van der Waals surface area contributed by atoms with Gasteiger partial charge in [0, 0.05) is 18.0 Å². The number of benzene rings is 1. The number of sulfone groups is 1. The van der Waals surface area contributed by atoms with Crippen LogP contribution < -0.4 is 10.5 Å². The summed E-state index contributed by atoms with van der Waals surface area (Å²) in [4.78, 5) is 0.0481. The first-order chi connectivity index (χ1) is 9.09. The van der Waals surface area contributed by atoms with Gasteiger partial charge in [0.05, 0.1) is 10.6 Å². The topological polar surface area (TPSA) is 106 Å². The van der Waals surface area contributed by atoms with Gasteiger partial charge in [-0.05, 0) is 37.1 Å². The molecule has 0 bridgehead atoms. The maximum Gasteiger partial charge on any atom is 0.240 e. The van der Waals surface area contributed by atoms with Crippen LogP contribution in [0.4, 0.5) is 5.69 Å². The van der Waals surface area contributed by atoms with Crippen molar-refractivity contribution in [3.05, 3.63) is 23.3 Å². The van der Waals surface area contributed by atoms with Crippen LogP contribution in [0.1, 0.15) is 18.1 Å². The van der Waals surface area contributed by atoms with Gasteiger partial charge in [0.2, 0.25) is 10.0 Å². The minimum Gasteiger partial charge on any atom is -0.398 e. The molecule has 1 aromatic carbocycles. The first-order valence-electron chi connectivity index (χ1n) is 6.16. The molecule has 0 aliphatic rings. The molecule has 0 aromatic heterocycles. The molecule has 1 rings (SSSR count). The lowest BCUT2D eigenvalue weighted by Gasteiger charge is -2.10. The van der Waals surface area contributed by atoms with Gasteiger partial charge in [0.1, 0.15) is 0 Å². The Morgan fingerprint density at radius 3 is 2.25 bits per heavy atom. The maximum atomic E-state index is 12.1. The summed E-state index contributed by atoms with van der Waals surface area (Å²) in [5, 5.41) is 0. The van der Waals surface area contributed by atoms with E-state index in [0.29, 0.717) is 5.69 Å². The minimum absolute atomic E-state index is 0.00862. The van der Waals surface area contributed by atoms with Crippen molar-refractivity contribution in [2.24, 2.45) is 0 Å². The van der Waals surface area contributed by atoms with E-state index in [1.165, 1.54) is 19.1 Å². The molecule has 0 aliphatic carbocycles. The molecule has 0 atom stereocenters. The van der Waals surface area contributed by atoms with E-state index in [2.05, 4.69) is 4.72 Å². The van der Waals surface area contributed by atoms with Crippen LogP contribution in [0.2, 0.25) is 0 Å². The zero-order chi connectivity index (χ0) is 15.6. The van der Waals surface area contributed by atoms with Crippen molar-refractivity contribution < 1.29 is 16.8 Å². The average Bonchev–Trinajstić information content (AvgIpc) is 2.34. The van der Waals surface area contributed by atoms with Gasteiger partial charge in [-0.15, -0.1) is 0 Å². The number of nitrogens with two attached hydrogens (primary N) is 1. The molecule has 0 amide bonds. The molecule has 3 N–H and O–H groups in total. The highest BCUT2D eigenvalue weighted by molar-refractivity contribution is 7.91. The predicted octanol–water partition coefficient (Wildman–Crippen LogP) is 0.599. The highest BCUT2D eigenvalue weighted by Gasteiger charge is 2.17. The first-order valence-corrected chi connectivity index (χ1v) is 9.46. The van der Waals surface area contributed by atoms with E-state index in [0.717, 1.165) is 11.1 Å². The van der Waals surface area contributed by atoms with Crippen LogP contribution in [0.5, 0.6) is 0 Å². The van der Waals surface area contributed by atoms with E-state index in [-0.39, 0.29) is 22.9 Å². The molecule has 0 heterocycles. The SMILES string of the molecule is CCS(=O)(=O)CCNS(=O)(=O)c1cc(C)c(C)c(N)c1. The van der Waals surface area contributed by atoms with Crippen molar-refractivity contribution in [3.63, 3.8) is 0 Å². The molecule has 0 unspecified atom stereocenters. The van der Waals surface area contributed by atoms with Gasteiger partial charge < -0.3 is 5.73 Å². The normalized spacial score (nSPS) is 12.6. The molecule has 0 saturated heterocycles. The molecule has 20 heavy (non-hydrogen) atoms. The van der Waals surface area contributed by atoms with Gasteiger partial charge in [-0.2, -0.15) is 0 Å². The monoisotopic (exact) mass is 320 g/mol. The largest absolute Gasteiger partial charge is 0.398 e. The molecule has 0 radical (unpaired) electrons. The molecular formula is C12H20N2O4S2. The van der Waals surface area contributed by atoms with E-state index in [1.54, 1.807) is 6.92 Å². The number of hydrogen-bond acceptors (Lipinski definition) is 5. The second-order valence-corrected chi connectivity index (χ2v) is 8.83. The third-order valence-corrected chi connectivity index (χ3v) is 6.28. The van der Waals surface area contributed by atoms with Crippen LogP contribution in [0, 0.1) is 13.8 Å².